The second kappa shape index (κ2) is 6.82. The first-order valence-corrected chi connectivity index (χ1v) is 9.94. The van der Waals surface area contributed by atoms with Gasteiger partial charge in [-0.2, -0.15) is 9.61 Å². The average Bonchev–Trinajstić information content (AvgIpc) is 3.43. The Morgan fingerprint density at radius 2 is 2.07 bits per heavy atom. The number of hydrogen-bond acceptors (Lipinski definition) is 7. The molecular weight excluding hydrogens is 360 g/mol. The van der Waals surface area contributed by atoms with Crippen molar-refractivity contribution in [2.45, 2.75) is 32.2 Å². The van der Waals surface area contributed by atoms with Gasteiger partial charge >= 0.3 is 0 Å². The van der Waals surface area contributed by atoms with Gasteiger partial charge in [-0.3, -0.25) is 4.90 Å². The Bertz CT molecular complexity index is 1040. The minimum Gasteiger partial charge on any atom is -0.298 e. The van der Waals surface area contributed by atoms with Crippen molar-refractivity contribution in [3.63, 3.8) is 0 Å². The van der Waals surface area contributed by atoms with E-state index in [0.717, 1.165) is 54.8 Å². The fourth-order valence-corrected chi connectivity index (χ4v) is 4.46. The second-order valence-corrected chi connectivity index (χ2v) is 8.19. The lowest BCUT2D eigenvalue weighted by molar-refractivity contribution is 0.202. The SMILES string of the molecule is Cc1ncc(CN2CCC(c3nnc4ccc(-n5cccn5)nn34)CC2)s1. The summed E-state index contributed by atoms with van der Waals surface area (Å²) in [5.74, 6) is 2.10. The maximum Gasteiger partial charge on any atom is 0.178 e. The van der Waals surface area contributed by atoms with E-state index >= 15 is 0 Å². The summed E-state index contributed by atoms with van der Waals surface area (Å²) >= 11 is 1.78. The highest BCUT2D eigenvalue weighted by molar-refractivity contribution is 7.11. The highest BCUT2D eigenvalue weighted by atomic mass is 32.1. The van der Waals surface area contributed by atoms with Crippen LogP contribution in [0.15, 0.2) is 36.8 Å². The molecule has 0 atom stereocenters. The first-order valence-electron chi connectivity index (χ1n) is 9.12. The van der Waals surface area contributed by atoms with E-state index in [0.29, 0.717) is 5.92 Å². The quantitative estimate of drug-likeness (QED) is 0.541. The van der Waals surface area contributed by atoms with Crippen molar-refractivity contribution >= 4 is 17.0 Å². The topological polar surface area (TPSA) is 77.0 Å². The van der Waals surface area contributed by atoms with E-state index in [-0.39, 0.29) is 0 Å². The van der Waals surface area contributed by atoms with E-state index in [9.17, 15) is 0 Å². The summed E-state index contributed by atoms with van der Waals surface area (Å²) in [5.41, 5.74) is 0.781. The predicted octanol–water partition coefficient (Wildman–Crippen LogP) is 2.45. The predicted molar refractivity (Wildman–Crippen MR) is 102 cm³/mol. The Labute approximate surface area is 160 Å². The summed E-state index contributed by atoms with van der Waals surface area (Å²) < 4.78 is 3.63. The van der Waals surface area contributed by atoms with Gasteiger partial charge in [-0.05, 0) is 51.1 Å². The number of hydrogen-bond donors (Lipinski definition) is 0. The zero-order valence-electron chi connectivity index (χ0n) is 15.1. The second-order valence-electron chi connectivity index (χ2n) is 6.87. The Morgan fingerprint density at radius 1 is 1.19 bits per heavy atom. The zero-order chi connectivity index (χ0) is 18.2. The van der Waals surface area contributed by atoms with Gasteiger partial charge in [0.2, 0.25) is 0 Å². The fraction of sp³-hybridized carbons (Fsp3) is 0.389. The first-order chi connectivity index (χ1) is 13.3. The summed E-state index contributed by atoms with van der Waals surface area (Å²) in [5, 5.41) is 18.9. The van der Waals surface area contributed by atoms with E-state index in [1.165, 1.54) is 4.88 Å². The molecule has 1 fully saturated rings. The van der Waals surface area contributed by atoms with Crippen LogP contribution in [0.25, 0.3) is 11.5 Å². The molecule has 4 aromatic heterocycles. The Kier molecular flexibility index (Phi) is 4.17. The van der Waals surface area contributed by atoms with Crippen LogP contribution in [0.3, 0.4) is 0 Å². The molecule has 5 rings (SSSR count). The third-order valence-corrected chi connectivity index (χ3v) is 5.91. The Morgan fingerprint density at radius 3 is 2.81 bits per heavy atom. The van der Waals surface area contributed by atoms with Gasteiger partial charge in [-0.15, -0.1) is 26.6 Å². The summed E-state index contributed by atoms with van der Waals surface area (Å²) in [6.07, 6.45) is 7.76. The molecule has 8 nitrogen and oxygen atoms in total. The number of thiazole rings is 1. The summed E-state index contributed by atoms with van der Waals surface area (Å²) in [7, 11) is 0. The molecule has 0 unspecified atom stereocenters. The third kappa shape index (κ3) is 3.24. The molecule has 5 heterocycles. The fourth-order valence-electron chi connectivity index (χ4n) is 3.62. The largest absolute Gasteiger partial charge is 0.298 e. The number of nitrogens with zero attached hydrogens (tertiary/aromatic N) is 8. The monoisotopic (exact) mass is 380 g/mol. The molecule has 0 aliphatic carbocycles. The van der Waals surface area contributed by atoms with Crippen LogP contribution in [0.4, 0.5) is 0 Å². The van der Waals surface area contributed by atoms with Gasteiger partial charge in [-0.1, -0.05) is 0 Å². The van der Waals surface area contributed by atoms with E-state index in [1.54, 1.807) is 22.2 Å². The molecule has 1 saturated heterocycles. The molecule has 4 aromatic rings. The van der Waals surface area contributed by atoms with Gasteiger partial charge in [0.1, 0.15) is 0 Å². The lowest BCUT2D eigenvalue weighted by atomic mass is 9.96. The van der Waals surface area contributed by atoms with Crippen molar-refractivity contribution in [2.24, 2.45) is 0 Å². The summed E-state index contributed by atoms with van der Waals surface area (Å²) in [4.78, 5) is 8.19. The van der Waals surface area contributed by atoms with Crippen LogP contribution in [0.1, 0.15) is 34.5 Å². The molecular formula is C18H20N8S. The molecule has 0 spiro atoms. The number of aromatic nitrogens is 7. The number of piperidine rings is 1. The van der Waals surface area contributed by atoms with Gasteiger partial charge < -0.3 is 0 Å². The van der Waals surface area contributed by atoms with Crippen molar-refractivity contribution < 1.29 is 0 Å². The van der Waals surface area contributed by atoms with Crippen LogP contribution < -0.4 is 0 Å². The van der Waals surface area contributed by atoms with E-state index in [2.05, 4.69) is 32.1 Å². The number of likely N-dealkylation sites (tertiary alicyclic amines) is 1. The molecule has 138 valence electrons. The Hall–Kier alpha value is -2.65. The van der Waals surface area contributed by atoms with Gasteiger partial charge in [0.25, 0.3) is 0 Å². The lowest BCUT2D eigenvalue weighted by Crippen LogP contribution is -2.32. The minimum atomic E-state index is 0.375. The molecule has 27 heavy (non-hydrogen) atoms. The van der Waals surface area contributed by atoms with Crippen molar-refractivity contribution in [3.05, 3.63) is 52.5 Å². The van der Waals surface area contributed by atoms with Crippen LogP contribution in [-0.4, -0.2) is 52.6 Å². The number of fused-ring (bicyclic) bond motifs is 1. The molecule has 0 N–H and O–H groups in total. The lowest BCUT2D eigenvalue weighted by Gasteiger charge is -2.30. The summed E-state index contributed by atoms with van der Waals surface area (Å²) in [6.45, 7) is 5.15. The van der Waals surface area contributed by atoms with Gasteiger partial charge in [0.15, 0.2) is 17.3 Å². The third-order valence-electron chi connectivity index (χ3n) is 5.01. The number of rotatable bonds is 4. The molecule has 0 bridgehead atoms. The van der Waals surface area contributed by atoms with Crippen LogP contribution in [0, 0.1) is 6.92 Å². The van der Waals surface area contributed by atoms with Crippen molar-refractivity contribution in [1.29, 1.82) is 0 Å². The maximum atomic E-state index is 4.71. The molecule has 1 aliphatic rings. The normalized spacial score (nSPS) is 16.3. The summed E-state index contributed by atoms with van der Waals surface area (Å²) in [6, 6.07) is 5.75. The first kappa shape index (κ1) is 16.5. The highest BCUT2D eigenvalue weighted by Crippen LogP contribution is 2.28. The number of aryl methyl sites for hydroxylation is 1. The van der Waals surface area contributed by atoms with Crippen molar-refractivity contribution in [2.75, 3.05) is 13.1 Å². The van der Waals surface area contributed by atoms with Crippen molar-refractivity contribution in [3.8, 4) is 5.82 Å². The van der Waals surface area contributed by atoms with Gasteiger partial charge in [0.05, 0.1) is 5.01 Å². The molecule has 9 heteroatoms. The van der Waals surface area contributed by atoms with Crippen LogP contribution in [0.5, 0.6) is 0 Å². The smallest absolute Gasteiger partial charge is 0.178 e. The van der Waals surface area contributed by atoms with Crippen LogP contribution in [0.2, 0.25) is 0 Å². The Balaban J connectivity index is 1.33. The standard InChI is InChI=1S/C18H20N8S/c1-13-19-11-15(27-13)12-24-9-5-14(6-10-24)18-22-21-16-3-4-17(23-26(16)18)25-8-2-7-20-25/h2-4,7-8,11,14H,5-6,9-10,12H2,1H3. The average molecular weight is 380 g/mol. The van der Waals surface area contributed by atoms with Crippen LogP contribution >= 0.6 is 11.3 Å². The molecule has 0 saturated carbocycles. The molecule has 0 radical (unpaired) electrons. The molecule has 1 aliphatic heterocycles. The highest BCUT2D eigenvalue weighted by Gasteiger charge is 2.25. The zero-order valence-corrected chi connectivity index (χ0v) is 15.9. The van der Waals surface area contributed by atoms with E-state index in [1.807, 2.05) is 35.1 Å². The minimum absolute atomic E-state index is 0.375. The van der Waals surface area contributed by atoms with Gasteiger partial charge in [-0.25, -0.2) is 9.67 Å². The molecule has 0 aromatic carbocycles. The van der Waals surface area contributed by atoms with Crippen LogP contribution in [-0.2, 0) is 6.54 Å². The van der Waals surface area contributed by atoms with E-state index in [4.69, 9.17) is 5.10 Å². The molecule has 0 amide bonds. The van der Waals surface area contributed by atoms with Gasteiger partial charge in [0, 0.05) is 35.9 Å². The van der Waals surface area contributed by atoms with Crippen molar-refractivity contribution in [1.82, 2.24) is 39.5 Å². The maximum absolute atomic E-state index is 4.71. The van der Waals surface area contributed by atoms with E-state index < -0.39 is 0 Å².